The van der Waals surface area contributed by atoms with E-state index in [2.05, 4.69) is 4.98 Å². The third-order valence-corrected chi connectivity index (χ3v) is 1.47. The molecule has 0 aliphatic carbocycles. The number of hydrogen-bond acceptors (Lipinski definition) is 2. The number of allylic oxidation sites excluding steroid dienone is 1. The molecule has 0 saturated heterocycles. The average Bonchev–Trinajstić information content (AvgIpc) is 2.15. The van der Waals surface area contributed by atoms with Crippen LogP contribution in [-0.4, -0.2) is 17.2 Å². The molecule has 1 aromatic heterocycles. The number of carbonyl (C=O) groups excluding carboxylic acids is 1. The highest BCUT2D eigenvalue weighted by atomic mass is 35.5. The standard InChI is InChI=1S/C9H8ClNO/c10-6-2-5-8-3-1-4-9(7-12)11-8/h1-5,7H,6H2. The fraction of sp³-hybridized carbons (Fsp3) is 0.111. The molecule has 0 amide bonds. The molecule has 0 atom stereocenters. The Morgan fingerprint density at radius 1 is 1.42 bits per heavy atom. The number of rotatable bonds is 3. The first kappa shape index (κ1) is 8.94. The predicted molar refractivity (Wildman–Crippen MR) is 49.4 cm³/mol. The second-order valence-corrected chi connectivity index (χ2v) is 2.47. The summed E-state index contributed by atoms with van der Waals surface area (Å²) in [6, 6.07) is 5.26. The second-order valence-electron chi connectivity index (χ2n) is 2.16. The van der Waals surface area contributed by atoms with E-state index in [1.807, 2.05) is 6.07 Å². The zero-order valence-electron chi connectivity index (χ0n) is 6.40. The van der Waals surface area contributed by atoms with E-state index >= 15 is 0 Å². The van der Waals surface area contributed by atoms with Gasteiger partial charge in [-0.3, -0.25) is 4.79 Å². The number of aldehydes is 1. The van der Waals surface area contributed by atoms with Gasteiger partial charge in [0.2, 0.25) is 0 Å². The van der Waals surface area contributed by atoms with Gasteiger partial charge in [-0.25, -0.2) is 4.98 Å². The van der Waals surface area contributed by atoms with Crippen LogP contribution in [0.15, 0.2) is 24.3 Å². The molecule has 3 heteroatoms. The van der Waals surface area contributed by atoms with Crippen molar-refractivity contribution in [2.75, 3.05) is 5.88 Å². The van der Waals surface area contributed by atoms with Crippen molar-refractivity contribution in [2.24, 2.45) is 0 Å². The third-order valence-electron chi connectivity index (χ3n) is 1.29. The van der Waals surface area contributed by atoms with Crippen molar-refractivity contribution in [1.82, 2.24) is 4.98 Å². The molecule has 0 N–H and O–H groups in total. The summed E-state index contributed by atoms with van der Waals surface area (Å²) in [5.74, 6) is 0.451. The van der Waals surface area contributed by atoms with Crippen LogP contribution in [0.4, 0.5) is 0 Å². The summed E-state index contributed by atoms with van der Waals surface area (Å²) in [5.41, 5.74) is 1.19. The molecular formula is C9H8ClNO. The number of hydrogen-bond donors (Lipinski definition) is 0. The first-order valence-electron chi connectivity index (χ1n) is 3.51. The predicted octanol–water partition coefficient (Wildman–Crippen LogP) is 2.15. The smallest absolute Gasteiger partial charge is 0.168 e. The second kappa shape index (κ2) is 4.67. The van der Waals surface area contributed by atoms with Crippen molar-refractivity contribution in [3.05, 3.63) is 35.7 Å². The molecule has 0 aromatic carbocycles. The van der Waals surface area contributed by atoms with Crippen LogP contribution in [0.3, 0.4) is 0 Å². The van der Waals surface area contributed by atoms with E-state index in [1.165, 1.54) is 0 Å². The van der Waals surface area contributed by atoms with Gasteiger partial charge < -0.3 is 0 Å². The Hall–Kier alpha value is -1.15. The topological polar surface area (TPSA) is 30.0 Å². The Bertz CT molecular complexity index is 296. The average molecular weight is 182 g/mol. The zero-order valence-corrected chi connectivity index (χ0v) is 7.16. The van der Waals surface area contributed by atoms with Crippen LogP contribution in [0.25, 0.3) is 6.08 Å². The van der Waals surface area contributed by atoms with Crippen molar-refractivity contribution in [3.8, 4) is 0 Å². The molecule has 12 heavy (non-hydrogen) atoms. The summed E-state index contributed by atoms with van der Waals surface area (Å²) >= 11 is 5.44. The van der Waals surface area contributed by atoms with E-state index in [0.717, 1.165) is 12.0 Å². The maximum Gasteiger partial charge on any atom is 0.168 e. The quantitative estimate of drug-likeness (QED) is 0.528. The fourth-order valence-electron chi connectivity index (χ4n) is 0.793. The zero-order chi connectivity index (χ0) is 8.81. The molecule has 1 aromatic rings. The van der Waals surface area contributed by atoms with Crippen molar-refractivity contribution in [2.45, 2.75) is 0 Å². The van der Waals surface area contributed by atoms with Crippen LogP contribution in [0.2, 0.25) is 0 Å². The highest BCUT2D eigenvalue weighted by Crippen LogP contribution is 1.99. The van der Waals surface area contributed by atoms with Gasteiger partial charge >= 0.3 is 0 Å². The third kappa shape index (κ3) is 2.47. The van der Waals surface area contributed by atoms with Crippen molar-refractivity contribution in [1.29, 1.82) is 0 Å². The summed E-state index contributed by atoms with van der Waals surface area (Å²) in [7, 11) is 0. The lowest BCUT2D eigenvalue weighted by Gasteiger charge is -1.92. The molecule has 2 nitrogen and oxygen atoms in total. The summed E-state index contributed by atoms with van der Waals surface area (Å²) in [5, 5.41) is 0. The Balaban J connectivity index is 2.86. The van der Waals surface area contributed by atoms with E-state index in [-0.39, 0.29) is 0 Å². The van der Waals surface area contributed by atoms with Crippen LogP contribution < -0.4 is 0 Å². The molecule has 0 saturated carbocycles. The molecule has 0 spiro atoms. The minimum Gasteiger partial charge on any atom is -0.296 e. The lowest BCUT2D eigenvalue weighted by molar-refractivity contribution is 0.111. The first-order chi connectivity index (χ1) is 5.86. The van der Waals surface area contributed by atoms with E-state index < -0.39 is 0 Å². The minimum absolute atomic E-state index is 0.437. The highest BCUT2D eigenvalue weighted by Gasteiger charge is 1.90. The molecule has 1 rings (SSSR count). The number of halogens is 1. The van der Waals surface area contributed by atoms with Gasteiger partial charge in [-0.2, -0.15) is 0 Å². The van der Waals surface area contributed by atoms with Crippen LogP contribution in [0, 0.1) is 0 Å². The van der Waals surface area contributed by atoms with Gasteiger partial charge in [-0.1, -0.05) is 12.1 Å². The Kier molecular flexibility index (Phi) is 3.48. The number of nitrogens with zero attached hydrogens (tertiary/aromatic N) is 1. The van der Waals surface area contributed by atoms with Crippen LogP contribution >= 0.6 is 11.6 Å². The Morgan fingerprint density at radius 2 is 2.17 bits per heavy atom. The summed E-state index contributed by atoms with van der Waals surface area (Å²) in [4.78, 5) is 14.3. The minimum atomic E-state index is 0.437. The SMILES string of the molecule is O=Cc1cccc(C=CCCl)n1. The van der Waals surface area contributed by atoms with Crippen molar-refractivity contribution in [3.63, 3.8) is 0 Å². The van der Waals surface area contributed by atoms with E-state index in [1.54, 1.807) is 24.3 Å². The van der Waals surface area contributed by atoms with E-state index in [4.69, 9.17) is 11.6 Å². The normalized spacial score (nSPS) is 10.4. The molecule has 0 unspecified atom stereocenters. The summed E-state index contributed by atoms with van der Waals surface area (Å²) in [6.45, 7) is 0. The van der Waals surface area contributed by atoms with Crippen molar-refractivity contribution < 1.29 is 4.79 Å². The molecule has 0 bridgehead atoms. The van der Waals surface area contributed by atoms with Gasteiger partial charge in [0.1, 0.15) is 5.69 Å². The van der Waals surface area contributed by atoms with Gasteiger partial charge in [0.25, 0.3) is 0 Å². The number of aromatic nitrogens is 1. The molecule has 0 aliphatic rings. The summed E-state index contributed by atoms with van der Waals surface area (Å²) in [6.07, 6.45) is 4.27. The molecule has 0 fully saturated rings. The maximum absolute atomic E-state index is 10.3. The molecule has 1 heterocycles. The van der Waals surface area contributed by atoms with Crippen LogP contribution in [-0.2, 0) is 0 Å². The highest BCUT2D eigenvalue weighted by molar-refractivity contribution is 6.19. The fourth-order valence-corrected chi connectivity index (χ4v) is 0.882. The van der Waals surface area contributed by atoms with Gasteiger partial charge in [0.15, 0.2) is 6.29 Å². The van der Waals surface area contributed by atoms with Crippen molar-refractivity contribution >= 4 is 24.0 Å². The van der Waals surface area contributed by atoms with E-state index in [0.29, 0.717) is 11.6 Å². The van der Waals surface area contributed by atoms with Gasteiger partial charge in [-0.15, -0.1) is 11.6 Å². The monoisotopic (exact) mass is 181 g/mol. The number of alkyl halides is 1. The molecular weight excluding hydrogens is 174 g/mol. The molecule has 0 radical (unpaired) electrons. The van der Waals surface area contributed by atoms with Crippen LogP contribution in [0.1, 0.15) is 16.2 Å². The Morgan fingerprint density at radius 3 is 2.83 bits per heavy atom. The van der Waals surface area contributed by atoms with E-state index in [9.17, 15) is 4.79 Å². The summed E-state index contributed by atoms with van der Waals surface area (Å²) < 4.78 is 0. The lowest BCUT2D eigenvalue weighted by atomic mass is 10.3. The molecule has 62 valence electrons. The van der Waals surface area contributed by atoms with Crippen LogP contribution in [0.5, 0.6) is 0 Å². The Labute approximate surface area is 75.9 Å². The van der Waals surface area contributed by atoms with Gasteiger partial charge in [0.05, 0.1) is 5.69 Å². The largest absolute Gasteiger partial charge is 0.296 e. The first-order valence-corrected chi connectivity index (χ1v) is 4.05. The number of carbonyl (C=O) groups is 1. The van der Waals surface area contributed by atoms with Gasteiger partial charge in [0, 0.05) is 5.88 Å². The number of pyridine rings is 1. The maximum atomic E-state index is 10.3. The molecule has 0 aliphatic heterocycles. The van der Waals surface area contributed by atoms with Gasteiger partial charge in [-0.05, 0) is 18.2 Å². The lowest BCUT2D eigenvalue weighted by Crippen LogP contribution is -1.87.